The van der Waals surface area contributed by atoms with Crippen LogP contribution in [0.25, 0.3) is 0 Å². The minimum atomic E-state index is -0.140. The Bertz CT molecular complexity index is 629. The maximum absolute atomic E-state index is 12.5. The van der Waals surface area contributed by atoms with Gasteiger partial charge in [-0.25, -0.2) is 0 Å². The Kier molecular flexibility index (Phi) is 3.89. The summed E-state index contributed by atoms with van der Waals surface area (Å²) >= 11 is 0. The summed E-state index contributed by atoms with van der Waals surface area (Å²) in [7, 11) is 1.77. The van der Waals surface area contributed by atoms with Crippen LogP contribution in [0.3, 0.4) is 0 Å². The summed E-state index contributed by atoms with van der Waals surface area (Å²) in [6, 6.07) is 0. The summed E-state index contributed by atoms with van der Waals surface area (Å²) in [4.78, 5) is 14.1. The molecule has 0 saturated carbocycles. The van der Waals surface area contributed by atoms with Crippen LogP contribution in [-0.2, 0) is 12.1 Å². The zero-order valence-electron chi connectivity index (χ0n) is 13.5. The molecular weight excluding hydrogens is 268 g/mol. The van der Waals surface area contributed by atoms with Gasteiger partial charge in [0, 0.05) is 18.8 Å². The molecule has 0 radical (unpaired) electrons. The first-order chi connectivity index (χ1) is 9.70. The Labute approximate surface area is 124 Å². The van der Waals surface area contributed by atoms with E-state index >= 15 is 0 Å². The zero-order chi connectivity index (χ0) is 15.8. The summed E-state index contributed by atoms with van der Waals surface area (Å²) in [6.07, 6.45) is 3.39. The standard InChI is InChI=1S/C15H22N4O2/c1-10-13(11(2)21-17-10)9-18(6)14(20)12-7-16-19(8-12)15(3,4)5/h7-8H,9H2,1-6H3. The predicted molar refractivity (Wildman–Crippen MR) is 79.0 cm³/mol. The molecule has 0 atom stereocenters. The molecule has 0 saturated heterocycles. The van der Waals surface area contributed by atoms with E-state index in [9.17, 15) is 4.79 Å². The van der Waals surface area contributed by atoms with Crippen LogP contribution in [0.2, 0.25) is 0 Å². The minimum absolute atomic E-state index is 0.0644. The highest BCUT2D eigenvalue weighted by molar-refractivity contribution is 5.93. The van der Waals surface area contributed by atoms with Crippen molar-refractivity contribution in [3.05, 3.63) is 35.0 Å². The maximum atomic E-state index is 12.5. The third-order valence-electron chi connectivity index (χ3n) is 3.44. The second-order valence-electron chi connectivity index (χ2n) is 6.31. The molecule has 0 aliphatic rings. The van der Waals surface area contributed by atoms with Crippen molar-refractivity contribution in [2.45, 2.75) is 46.7 Å². The van der Waals surface area contributed by atoms with E-state index in [4.69, 9.17) is 4.52 Å². The van der Waals surface area contributed by atoms with Crippen LogP contribution < -0.4 is 0 Å². The van der Waals surface area contributed by atoms with Crippen LogP contribution in [-0.4, -0.2) is 32.8 Å². The summed E-state index contributed by atoms with van der Waals surface area (Å²) in [6.45, 7) is 10.3. The van der Waals surface area contributed by atoms with Crippen molar-refractivity contribution in [1.82, 2.24) is 19.8 Å². The molecule has 114 valence electrons. The van der Waals surface area contributed by atoms with Crippen molar-refractivity contribution in [1.29, 1.82) is 0 Å². The van der Waals surface area contributed by atoms with E-state index in [0.29, 0.717) is 12.1 Å². The van der Waals surface area contributed by atoms with Gasteiger partial charge in [0.25, 0.3) is 5.91 Å². The van der Waals surface area contributed by atoms with E-state index in [1.807, 2.05) is 34.6 Å². The summed E-state index contributed by atoms with van der Waals surface area (Å²) in [5.74, 6) is 0.683. The number of hydrogen-bond donors (Lipinski definition) is 0. The van der Waals surface area contributed by atoms with Gasteiger partial charge in [0.15, 0.2) is 0 Å². The molecule has 2 aromatic rings. The molecule has 2 rings (SSSR count). The number of carbonyl (C=O) groups is 1. The lowest BCUT2D eigenvalue weighted by Gasteiger charge is -2.19. The first-order valence-corrected chi connectivity index (χ1v) is 6.92. The smallest absolute Gasteiger partial charge is 0.257 e. The van der Waals surface area contributed by atoms with Gasteiger partial charge >= 0.3 is 0 Å². The lowest BCUT2D eigenvalue weighted by Crippen LogP contribution is -2.27. The molecule has 6 nitrogen and oxygen atoms in total. The largest absolute Gasteiger partial charge is 0.361 e. The molecule has 0 aliphatic carbocycles. The molecule has 21 heavy (non-hydrogen) atoms. The number of hydrogen-bond acceptors (Lipinski definition) is 4. The van der Waals surface area contributed by atoms with E-state index < -0.39 is 0 Å². The molecular formula is C15H22N4O2. The van der Waals surface area contributed by atoms with E-state index in [-0.39, 0.29) is 11.4 Å². The Morgan fingerprint density at radius 3 is 2.52 bits per heavy atom. The molecule has 0 bridgehead atoms. The topological polar surface area (TPSA) is 64.2 Å². The predicted octanol–water partition coefficient (Wildman–Crippen LogP) is 2.52. The summed E-state index contributed by atoms with van der Waals surface area (Å²) in [5.41, 5.74) is 2.21. The molecule has 0 aromatic carbocycles. The number of amides is 1. The van der Waals surface area contributed by atoms with Crippen molar-refractivity contribution in [2.75, 3.05) is 7.05 Å². The first kappa shape index (κ1) is 15.3. The van der Waals surface area contributed by atoms with Crippen molar-refractivity contribution < 1.29 is 9.32 Å². The van der Waals surface area contributed by atoms with Crippen LogP contribution in [0.15, 0.2) is 16.9 Å². The van der Waals surface area contributed by atoms with E-state index in [1.165, 1.54) is 0 Å². The molecule has 2 heterocycles. The van der Waals surface area contributed by atoms with Crippen molar-refractivity contribution in [2.24, 2.45) is 0 Å². The van der Waals surface area contributed by atoms with E-state index in [2.05, 4.69) is 10.3 Å². The average Bonchev–Trinajstić information content (AvgIpc) is 2.99. The lowest BCUT2D eigenvalue weighted by atomic mass is 10.1. The van der Waals surface area contributed by atoms with Crippen LogP contribution in [0.5, 0.6) is 0 Å². The van der Waals surface area contributed by atoms with Gasteiger partial charge in [-0.2, -0.15) is 5.10 Å². The van der Waals surface area contributed by atoms with Crippen LogP contribution >= 0.6 is 0 Å². The van der Waals surface area contributed by atoms with Crippen LogP contribution in [0, 0.1) is 13.8 Å². The molecule has 2 aromatic heterocycles. The second kappa shape index (κ2) is 5.35. The van der Waals surface area contributed by atoms with Gasteiger partial charge in [-0.1, -0.05) is 5.16 Å². The van der Waals surface area contributed by atoms with Gasteiger partial charge in [0.2, 0.25) is 0 Å². The molecule has 0 spiro atoms. The molecule has 0 fully saturated rings. The lowest BCUT2D eigenvalue weighted by molar-refractivity contribution is 0.0784. The Balaban J connectivity index is 2.15. The van der Waals surface area contributed by atoms with E-state index in [0.717, 1.165) is 17.0 Å². The Morgan fingerprint density at radius 2 is 2.05 bits per heavy atom. The summed E-state index contributed by atoms with van der Waals surface area (Å²) in [5, 5.41) is 8.17. The van der Waals surface area contributed by atoms with Gasteiger partial charge in [-0.05, 0) is 34.6 Å². The van der Waals surface area contributed by atoms with Crippen LogP contribution in [0.1, 0.15) is 48.1 Å². The second-order valence-corrected chi connectivity index (χ2v) is 6.31. The summed E-state index contributed by atoms with van der Waals surface area (Å²) < 4.78 is 6.92. The van der Waals surface area contributed by atoms with Gasteiger partial charge in [0.05, 0.1) is 29.5 Å². The maximum Gasteiger partial charge on any atom is 0.257 e. The van der Waals surface area contributed by atoms with Crippen molar-refractivity contribution in [3.8, 4) is 0 Å². The zero-order valence-corrected chi connectivity index (χ0v) is 13.5. The van der Waals surface area contributed by atoms with Gasteiger partial charge in [0.1, 0.15) is 5.76 Å². The quantitative estimate of drug-likeness (QED) is 0.871. The highest BCUT2D eigenvalue weighted by Crippen LogP contribution is 2.17. The monoisotopic (exact) mass is 290 g/mol. The third kappa shape index (κ3) is 3.15. The molecule has 6 heteroatoms. The average molecular weight is 290 g/mol. The molecule has 0 aliphatic heterocycles. The number of aromatic nitrogens is 3. The van der Waals surface area contributed by atoms with Crippen LogP contribution in [0.4, 0.5) is 0 Å². The Morgan fingerprint density at radius 1 is 1.38 bits per heavy atom. The number of aryl methyl sites for hydroxylation is 2. The number of rotatable bonds is 3. The highest BCUT2D eigenvalue weighted by atomic mass is 16.5. The van der Waals surface area contributed by atoms with Gasteiger partial charge < -0.3 is 9.42 Å². The van der Waals surface area contributed by atoms with Crippen molar-refractivity contribution in [3.63, 3.8) is 0 Å². The molecule has 0 unspecified atom stereocenters. The molecule has 1 amide bonds. The fourth-order valence-electron chi connectivity index (χ4n) is 2.06. The third-order valence-corrected chi connectivity index (χ3v) is 3.44. The van der Waals surface area contributed by atoms with E-state index in [1.54, 1.807) is 29.0 Å². The van der Waals surface area contributed by atoms with Gasteiger partial charge in [-0.3, -0.25) is 9.48 Å². The minimum Gasteiger partial charge on any atom is -0.361 e. The first-order valence-electron chi connectivity index (χ1n) is 6.92. The SMILES string of the molecule is Cc1noc(C)c1CN(C)C(=O)c1cnn(C(C)(C)C)c1. The van der Waals surface area contributed by atoms with Gasteiger partial charge in [-0.15, -0.1) is 0 Å². The van der Waals surface area contributed by atoms with Crippen molar-refractivity contribution >= 4 is 5.91 Å². The normalized spacial score (nSPS) is 11.7. The fourth-order valence-corrected chi connectivity index (χ4v) is 2.06. The number of carbonyl (C=O) groups excluding carboxylic acids is 1. The number of nitrogens with zero attached hydrogens (tertiary/aromatic N) is 4. The Hall–Kier alpha value is -2.11. The highest BCUT2D eigenvalue weighted by Gasteiger charge is 2.20. The fraction of sp³-hybridized carbons (Fsp3) is 0.533. The molecule has 0 N–H and O–H groups in total.